The number of aryl methyl sites for hydroxylation is 1. The van der Waals surface area contributed by atoms with Gasteiger partial charge in [0, 0.05) is 13.3 Å². The third-order valence-electron chi connectivity index (χ3n) is 5.07. The van der Waals surface area contributed by atoms with Crippen LogP contribution in [0.4, 0.5) is 0 Å². The van der Waals surface area contributed by atoms with E-state index in [2.05, 4.69) is 16.1 Å². The zero-order valence-corrected chi connectivity index (χ0v) is 18.7. The number of nitrogens with zero attached hydrogens (tertiary/aromatic N) is 2. The monoisotopic (exact) mass is 421 g/mol. The summed E-state index contributed by atoms with van der Waals surface area (Å²) in [7, 11) is 0. The van der Waals surface area contributed by atoms with Gasteiger partial charge in [0.25, 0.3) is 5.82 Å². The average Bonchev–Trinajstić information content (AvgIpc) is 2.94. The topological polar surface area (TPSA) is 49.3 Å². The van der Waals surface area contributed by atoms with Crippen molar-refractivity contribution in [3.8, 4) is 0 Å². The van der Waals surface area contributed by atoms with Crippen LogP contribution in [0.5, 0.6) is 0 Å². The van der Waals surface area contributed by atoms with Gasteiger partial charge in [-0.15, -0.1) is 23.2 Å². The highest BCUT2D eigenvalue weighted by molar-refractivity contribution is 6.18. The minimum atomic E-state index is -0.564. The van der Waals surface area contributed by atoms with Crippen LogP contribution >= 0.6 is 23.2 Å². The lowest BCUT2D eigenvalue weighted by molar-refractivity contribution is -0.709. The lowest BCUT2D eigenvalue weighted by Gasteiger charge is -2.10. The molecule has 27 heavy (non-hydrogen) atoms. The van der Waals surface area contributed by atoms with E-state index in [9.17, 15) is 10.2 Å². The Bertz CT molecular complexity index is 509. The first-order valence-electron chi connectivity index (χ1n) is 10.6. The molecule has 0 saturated heterocycles. The molecular weight excluding hydrogens is 383 g/mol. The van der Waals surface area contributed by atoms with Crippen molar-refractivity contribution in [1.82, 2.24) is 4.57 Å². The molecule has 0 amide bonds. The highest BCUT2D eigenvalue weighted by Gasteiger charge is 2.24. The number of halogens is 2. The van der Waals surface area contributed by atoms with E-state index >= 15 is 0 Å². The van der Waals surface area contributed by atoms with E-state index in [-0.39, 0.29) is 11.8 Å². The van der Waals surface area contributed by atoms with Gasteiger partial charge in [-0.3, -0.25) is 0 Å². The summed E-state index contributed by atoms with van der Waals surface area (Å²) in [6.45, 7) is 5.26. The summed E-state index contributed by atoms with van der Waals surface area (Å²) in [4.78, 5) is 0. The molecule has 2 unspecified atom stereocenters. The number of hydrogen-bond donors (Lipinski definition) is 2. The molecular formula is C21H39Cl2N2O2+. The molecule has 0 aliphatic carbocycles. The molecule has 1 heterocycles. The normalized spacial score (nSPS) is 13.9. The molecule has 0 saturated carbocycles. The zero-order chi connectivity index (χ0) is 20.1. The maximum atomic E-state index is 10.00. The molecule has 6 heteroatoms. The molecule has 4 nitrogen and oxygen atoms in total. The summed E-state index contributed by atoms with van der Waals surface area (Å²) in [5.74, 6) is 1.59. The van der Waals surface area contributed by atoms with Crippen molar-refractivity contribution in [2.24, 2.45) is 0 Å². The fraction of sp³-hybridized carbons (Fsp3) is 0.857. The van der Waals surface area contributed by atoms with Crippen molar-refractivity contribution in [1.29, 1.82) is 0 Å². The van der Waals surface area contributed by atoms with Crippen LogP contribution in [0.1, 0.15) is 76.2 Å². The quantitative estimate of drug-likeness (QED) is 0.236. The Hall–Kier alpha value is -0.290. The number of aliphatic hydroxyl groups is 2. The predicted octanol–water partition coefficient (Wildman–Crippen LogP) is 4.36. The zero-order valence-electron chi connectivity index (χ0n) is 17.2. The molecule has 2 N–H and O–H groups in total. The minimum absolute atomic E-state index is 0.221. The van der Waals surface area contributed by atoms with E-state index < -0.39 is 12.2 Å². The summed E-state index contributed by atoms with van der Waals surface area (Å²) in [5, 5.41) is 20.0. The number of alkyl halides is 2. The van der Waals surface area contributed by atoms with Crippen LogP contribution < -0.4 is 4.57 Å². The van der Waals surface area contributed by atoms with Crippen molar-refractivity contribution in [2.75, 3.05) is 11.8 Å². The third-order valence-corrected chi connectivity index (χ3v) is 5.78. The first-order valence-corrected chi connectivity index (χ1v) is 11.7. The first-order chi connectivity index (χ1) is 13.0. The molecule has 1 aromatic heterocycles. The van der Waals surface area contributed by atoms with Gasteiger partial charge in [0.05, 0.1) is 11.8 Å². The lowest BCUT2D eigenvalue weighted by Crippen LogP contribution is -2.43. The maximum Gasteiger partial charge on any atom is 0.256 e. The second-order valence-corrected chi connectivity index (χ2v) is 8.26. The van der Waals surface area contributed by atoms with E-state index in [1.54, 1.807) is 0 Å². The van der Waals surface area contributed by atoms with Crippen molar-refractivity contribution in [2.45, 2.75) is 103 Å². The van der Waals surface area contributed by atoms with E-state index in [0.29, 0.717) is 13.1 Å². The molecule has 0 bridgehead atoms. The Kier molecular flexibility index (Phi) is 13.4. The molecule has 0 aliphatic rings. The number of unbranched alkanes of at least 4 members (excludes halogenated alkanes) is 8. The molecule has 0 fully saturated rings. The van der Waals surface area contributed by atoms with Crippen LogP contribution in [0, 0.1) is 6.92 Å². The van der Waals surface area contributed by atoms with Crippen molar-refractivity contribution >= 4 is 23.2 Å². The van der Waals surface area contributed by atoms with E-state index in [0.717, 1.165) is 24.4 Å². The smallest absolute Gasteiger partial charge is 0.256 e. The standard InChI is InChI=1S/C21H39Cl2N2O2/c1-3-4-5-6-7-8-9-10-11-12-21-24(16-19(26)13-22)15-18(2)25(21)17-20(27)14-23/h15,19-20,26-27H,3-14,16-17H2,1-2H3/q+1. The third kappa shape index (κ3) is 9.65. The Morgan fingerprint density at radius 1 is 0.926 bits per heavy atom. The molecule has 2 atom stereocenters. The van der Waals surface area contributed by atoms with Crippen LogP contribution in [0.25, 0.3) is 0 Å². The van der Waals surface area contributed by atoms with Gasteiger partial charge in [0.15, 0.2) is 0 Å². The second kappa shape index (κ2) is 14.7. The lowest BCUT2D eigenvalue weighted by atomic mass is 10.1. The summed E-state index contributed by atoms with van der Waals surface area (Å²) in [6.07, 6.45) is 13.5. The molecule has 158 valence electrons. The number of hydrogen-bond acceptors (Lipinski definition) is 2. The number of aromatic nitrogens is 2. The predicted molar refractivity (Wildman–Crippen MR) is 114 cm³/mol. The van der Waals surface area contributed by atoms with Crippen LogP contribution in [-0.4, -0.2) is 38.7 Å². The van der Waals surface area contributed by atoms with Gasteiger partial charge in [-0.1, -0.05) is 58.3 Å². The van der Waals surface area contributed by atoms with Crippen molar-refractivity contribution in [3.05, 3.63) is 17.7 Å². The number of rotatable bonds is 16. The highest BCUT2D eigenvalue weighted by atomic mass is 35.5. The molecule has 1 aromatic rings. The van der Waals surface area contributed by atoms with E-state index in [1.165, 1.54) is 51.4 Å². The largest absolute Gasteiger partial charge is 0.388 e. The van der Waals surface area contributed by atoms with Gasteiger partial charge < -0.3 is 10.2 Å². The fourth-order valence-electron chi connectivity index (χ4n) is 3.54. The second-order valence-electron chi connectivity index (χ2n) is 7.64. The fourth-order valence-corrected chi connectivity index (χ4v) is 3.74. The van der Waals surface area contributed by atoms with Crippen molar-refractivity contribution < 1.29 is 14.8 Å². The molecule has 0 aromatic carbocycles. The molecule has 1 rings (SSSR count). The van der Waals surface area contributed by atoms with Crippen LogP contribution in [-0.2, 0) is 19.5 Å². The van der Waals surface area contributed by atoms with Gasteiger partial charge in [-0.25, -0.2) is 9.13 Å². The van der Waals surface area contributed by atoms with Gasteiger partial charge >= 0.3 is 0 Å². The summed E-state index contributed by atoms with van der Waals surface area (Å²) < 4.78 is 4.23. The highest BCUT2D eigenvalue weighted by Crippen LogP contribution is 2.13. The van der Waals surface area contributed by atoms with Crippen molar-refractivity contribution in [3.63, 3.8) is 0 Å². The summed E-state index contributed by atoms with van der Waals surface area (Å²) in [5.41, 5.74) is 1.08. The van der Waals surface area contributed by atoms with Crippen LogP contribution in [0.3, 0.4) is 0 Å². The minimum Gasteiger partial charge on any atom is -0.388 e. The SMILES string of the molecule is CCCCCCCCCCCc1n(CC(O)CCl)c(C)c[n+]1CC(O)CCl. The Balaban J connectivity index is 2.56. The number of imidazole rings is 1. The van der Waals surface area contributed by atoms with Crippen LogP contribution in [0.2, 0.25) is 0 Å². The van der Waals surface area contributed by atoms with Crippen LogP contribution in [0.15, 0.2) is 6.20 Å². The maximum absolute atomic E-state index is 10.00. The van der Waals surface area contributed by atoms with E-state index in [1.807, 2.05) is 13.1 Å². The summed E-state index contributed by atoms with van der Waals surface area (Å²) in [6, 6.07) is 0. The Morgan fingerprint density at radius 2 is 1.48 bits per heavy atom. The molecule has 0 spiro atoms. The molecule has 0 aliphatic heterocycles. The van der Waals surface area contributed by atoms with Gasteiger partial charge in [0.1, 0.15) is 37.2 Å². The average molecular weight is 422 g/mol. The summed E-state index contributed by atoms with van der Waals surface area (Å²) >= 11 is 11.6. The Labute approximate surface area is 175 Å². The van der Waals surface area contributed by atoms with Gasteiger partial charge in [-0.2, -0.15) is 0 Å². The van der Waals surface area contributed by atoms with Gasteiger partial charge in [0.2, 0.25) is 0 Å². The number of aliphatic hydroxyl groups excluding tert-OH is 2. The Morgan fingerprint density at radius 3 is 2.04 bits per heavy atom. The first kappa shape index (κ1) is 24.7. The van der Waals surface area contributed by atoms with E-state index in [4.69, 9.17) is 23.2 Å². The molecule has 0 radical (unpaired) electrons. The van der Waals surface area contributed by atoms with Gasteiger partial charge in [-0.05, 0) is 6.42 Å².